The average molecular weight is 270 g/mol. The van der Waals surface area contributed by atoms with Gasteiger partial charge in [0.2, 0.25) is 0 Å². The molecule has 6 heteroatoms. The highest BCUT2D eigenvalue weighted by molar-refractivity contribution is 6.35. The number of piperazine rings is 1. The van der Waals surface area contributed by atoms with Crippen molar-refractivity contribution in [2.45, 2.75) is 13.8 Å². The first-order chi connectivity index (χ1) is 9.08. The van der Waals surface area contributed by atoms with Crippen LogP contribution in [0.15, 0.2) is 0 Å². The molecule has 6 nitrogen and oxygen atoms in total. The van der Waals surface area contributed by atoms with Gasteiger partial charge in [0.25, 0.3) is 0 Å². The topological polar surface area (TPSA) is 55.9 Å². The van der Waals surface area contributed by atoms with Gasteiger partial charge in [0, 0.05) is 39.3 Å². The van der Waals surface area contributed by atoms with Crippen LogP contribution in [-0.4, -0.2) is 85.9 Å². The third-order valence-electron chi connectivity index (χ3n) is 3.59. The number of carbonyl (C=O) groups excluding carboxylic acids is 2. The molecule has 1 saturated heterocycles. The van der Waals surface area contributed by atoms with Crippen molar-refractivity contribution in [3.05, 3.63) is 0 Å². The van der Waals surface area contributed by atoms with Crippen LogP contribution in [0.2, 0.25) is 0 Å². The van der Waals surface area contributed by atoms with E-state index in [1.807, 2.05) is 7.05 Å². The Kier molecular flexibility index (Phi) is 6.80. The molecule has 1 rings (SSSR count). The minimum Gasteiger partial charge on any atom is -0.347 e. The van der Waals surface area contributed by atoms with E-state index in [1.54, 1.807) is 4.90 Å². The van der Waals surface area contributed by atoms with Gasteiger partial charge in [0.05, 0.1) is 0 Å². The zero-order valence-electron chi connectivity index (χ0n) is 12.3. The Balaban J connectivity index is 2.27. The highest BCUT2D eigenvalue weighted by Gasteiger charge is 2.24. The first-order valence-electron chi connectivity index (χ1n) is 7.06. The first-order valence-corrected chi connectivity index (χ1v) is 7.06. The van der Waals surface area contributed by atoms with Crippen LogP contribution in [0.1, 0.15) is 13.8 Å². The normalized spacial score (nSPS) is 16.7. The van der Waals surface area contributed by atoms with E-state index in [1.165, 1.54) is 0 Å². The summed E-state index contributed by atoms with van der Waals surface area (Å²) in [6.45, 7) is 10.3. The SMILES string of the molecule is CCN(CC)CCNC(=O)C(=O)N1CCN(C)CC1. The molecule has 1 aliphatic heterocycles. The summed E-state index contributed by atoms with van der Waals surface area (Å²) in [4.78, 5) is 29.6. The molecule has 1 aliphatic rings. The third-order valence-corrected chi connectivity index (χ3v) is 3.59. The third kappa shape index (κ3) is 5.16. The molecule has 1 N–H and O–H groups in total. The number of nitrogens with one attached hydrogen (secondary N) is 1. The van der Waals surface area contributed by atoms with Crippen molar-refractivity contribution < 1.29 is 9.59 Å². The summed E-state index contributed by atoms with van der Waals surface area (Å²) in [5.41, 5.74) is 0. The molecular weight excluding hydrogens is 244 g/mol. The average Bonchev–Trinajstić information content (AvgIpc) is 2.43. The summed E-state index contributed by atoms with van der Waals surface area (Å²) in [6.07, 6.45) is 0. The highest BCUT2D eigenvalue weighted by atomic mass is 16.2. The Morgan fingerprint density at radius 3 is 2.21 bits per heavy atom. The summed E-state index contributed by atoms with van der Waals surface area (Å²) >= 11 is 0. The molecule has 0 spiro atoms. The van der Waals surface area contributed by atoms with Gasteiger partial charge in [-0.15, -0.1) is 0 Å². The summed E-state index contributed by atoms with van der Waals surface area (Å²) < 4.78 is 0. The summed E-state index contributed by atoms with van der Waals surface area (Å²) in [6, 6.07) is 0. The van der Waals surface area contributed by atoms with E-state index in [-0.39, 0.29) is 0 Å². The number of hydrogen-bond donors (Lipinski definition) is 1. The lowest BCUT2D eigenvalue weighted by molar-refractivity contribution is -0.146. The molecule has 0 atom stereocenters. The first kappa shape index (κ1) is 15.9. The van der Waals surface area contributed by atoms with Crippen LogP contribution in [0.25, 0.3) is 0 Å². The molecule has 0 bridgehead atoms. The van der Waals surface area contributed by atoms with Crippen LogP contribution < -0.4 is 5.32 Å². The molecule has 1 fully saturated rings. The van der Waals surface area contributed by atoms with Gasteiger partial charge in [-0.05, 0) is 20.1 Å². The molecule has 0 radical (unpaired) electrons. The van der Waals surface area contributed by atoms with E-state index in [0.717, 1.165) is 32.7 Å². The highest BCUT2D eigenvalue weighted by Crippen LogP contribution is 1.99. The number of carbonyl (C=O) groups is 2. The molecule has 0 saturated carbocycles. The predicted molar refractivity (Wildman–Crippen MR) is 74.9 cm³/mol. The lowest BCUT2D eigenvalue weighted by Crippen LogP contribution is -2.52. The second kappa shape index (κ2) is 8.12. The second-order valence-electron chi connectivity index (χ2n) is 4.88. The Hall–Kier alpha value is -1.14. The maximum atomic E-state index is 11.9. The van der Waals surface area contributed by atoms with E-state index in [9.17, 15) is 9.59 Å². The zero-order valence-corrected chi connectivity index (χ0v) is 12.3. The van der Waals surface area contributed by atoms with E-state index in [2.05, 4.69) is 29.0 Å². The van der Waals surface area contributed by atoms with E-state index in [0.29, 0.717) is 19.6 Å². The molecule has 1 heterocycles. The van der Waals surface area contributed by atoms with Crippen LogP contribution in [0.5, 0.6) is 0 Å². The standard InChI is InChI=1S/C13H26N4O2/c1-4-16(5-2)7-6-14-12(18)13(19)17-10-8-15(3)9-11-17/h4-11H2,1-3H3,(H,14,18). The van der Waals surface area contributed by atoms with Gasteiger partial charge in [0.15, 0.2) is 0 Å². The number of hydrogen-bond acceptors (Lipinski definition) is 4. The van der Waals surface area contributed by atoms with Gasteiger partial charge in [-0.25, -0.2) is 0 Å². The minimum absolute atomic E-state index is 0.396. The van der Waals surface area contributed by atoms with Gasteiger partial charge >= 0.3 is 11.8 Å². The molecular formula is C13H26N4O2. The number of amides is 2. The van der Waals surface area contributed by atoms with Gasteiger partial charge in [-0.2, -0.15) is 0 Å². The van der Waals surface area contributed by atoms with Gasteiger partial charge in [-0.3, -0.25) is 9.59 Å². The Labute approximate surface area is 115 Å². The summed E-state index contributed by atoms with van der Waals surface area (Å²) in [5.74, 6) is -0.871. The maximum Gasteiger partial charge on any atom is 0.311 e. The summed E-state index contributed by atoms with van der Waals surface area (Å²) in [5, 5.41) is 2.70. The largest absolute Gasteiger partial charge is 0.347 e. The number of rotatable bonds is 5. The Bertz CT molecular complexity index is 297. The lowest BCUT2D eigenvalue weighted by atomic mass is 10.3. The van der Waals surface area contributed by atoms with E-state index >= 15 is 0 Å². The van der Waals surface area contributed by atoms with Gasteiger partial charge in [0.1, 0.15) is 0 Å². The van der Waals surface area contributed by atoms with Crippen molar-refractivity contribution in [1.82, 2.24) is 20.0 Å². The van der Waals surface area contributed by atoms with E-state index in [4.69, 9.17) is 0 Å². The Morgan fingerprint density at radius 2 is 1.68 bits per heavy atom. The molecule has 2 amide bonds. The minimum atomic E-state index is -0.475. The van der Waals surface area contributed by atoms with Crippen LogP contribution in [0.3, 0.4) is 0 Å². The smallest absolute Gasteiger partial charge is 0.311 e. The molecule has 0 unspecified atom stereocenters. The maximum absolute atomic E-state index is 11.9. The quantitative estimate of drug-likeness (QED) is 0.666. The fraction of sp³-hybridized carbons (Fsp3) is 0.846. The van der Waals surface area contributed by atoms with Crippen molar-refractivity contribution >= 4 is 11.8 Å². The van der Waals surface area contributed by atoms with Crippen molar-refractivity contribution in [2.24, 2.45) is 0 Å². The van der Waals surface area contributed by atoms with Crippen molar-refractivity contribution in [2.75, 3.05) is 59.4 Å². The number of likely N-dealkylation sites (N-methyl/N-ethyl adjacent to an activating group) is 2. The van der Waals surface area contributed by atoms with Crippen LogP contribution in [-0.2, 0) is 9.59 Å². The fourth-order valence-electron chi connectivity index (χ4n) is 2.10. The molecule has 110 valence electrons. The molecule has 0 aliphatic carbocycles. The molecule has 19 heavy (non-hydrogen) atoms. The van der Waals surface area contributed by atoms with E-state index < -0.39 is 11.8 Å². The number of nitrogens with zero attached hydrogens (tertiary/aromatic N) is 3. The molecule has 0 aromatic rings. The van der Waals surface area contributed by atoms with Crippen LogP contribution in [0, 0.1) is 0 Å². The van der Waals surface area contributed by atoms with Gasteiger partial charge in [-0.1, -0.05) is 13.8 Å². The summed E-state index contributed by atoms with van der Waals surface area (Å²) in [7, 11) is 2.02. The predicted octanol–water partition coefficient (Wildman–Crippen LogP) is -0.782. The van der Waals surface area contributed by atoms with Crippen molar-refractivity contribution in [1.29, 1.82) is 0 Å². The van der Waals surface area contributed by atoms with Crippen LogP contribution >= 0.6 is 0 Å². The van der Waals surface area contributed by atoms with Crippen molar-refractivity contribution in [3.63, 3.8) is 0 Å². The van der Waals surface area contributed by atoms with Crippen LogP contribution in [0.4, 0.5) is 0 Å². The zero-order chi connectivity index (χ0) is 14.3. The molecule has 0 aromatic carbocycles. The van der Waals surface area contributed by atoms with Crippen molar-refractivity contribution in [3.8, 4) is 0 Å². The molecule has 0 aromatic heterocycles. The lowest BCUT2D eigenvalue weighted by Gasteiger charge is -2.31. The second-order valence-corrected chi connectivity index (χ2v) is 4.88. The van der Waals surface area contributed by atoms with Gasteiger partial charge < -0.3 is 20.0 Å². The fourth-order valence-corrected chi connectivity index (χ4v) is 2.10. The monoisotopic (exact) mass is 270 g/mol. The Morgan fingerprint density at radius 1 is 1.11 bits per heavy atom.